The van der Waals surface area contributed by atoms with E-state index in [-0.39, 0.29) is 30.6 Å². The van der Waals surface area contributed by atoms with Crippen molar-refractivity contribution in [3.8, 4) is 11.4 Å². The molecule has 0 fully saturated rings. The van der Waals surface area contributed by atoms with E-state index < -0.39 is 11.8 Å². The maximum Gasteiger partial charge on any atom is 2.00 e. The Balaban J connectivity index is 0.000000206. The van der Waals surface area contributed by atoms with Crippen molar-refractivity contribution in [2.24, 2.45) is 20.4 Å². The smallest absolute Gasteiger partial charge is 0.856 e. The Kier molecular flexibility index (Phi) is 14.1. The number of nitrogens with zero attached hydrogens (tertiary/aromatic N) is 6. The van der Waals surface area contributed by atoms with Crippen molar-refractivity contribution >= 4 is 23.2 Å². The van der Waals surface area contributed by atoms with E-state index in [1.54, 1.807) is 26.2 Å². The molecule has 0 atom stereocenters. The molecule has 8 aromatic rings. The van der Waals surface area contributed by atoms with E-state index >= 15 is 0 Å². The van der Waals surface area contributed by atoms with Gasteiger partial charge in [-0.2, -0.15) is 20.4 Å². The Labute approximate surface area is 375 Å². The predicted molar refractivity (Wildman–Crippen MR) is 240 cm³/mol. The molecule has 0 aliphatic heterocycles. The van der Waals surface area contributed by atoms with E-state index in [0.29, 0.717) is 67.8 Å². The van der Waals surface area contributed by atoms with Crippen LogP contribution in [-0.4, -0.2) is 52.7 Å². The van der Waals surface area contributed by atoms with Gasteiger partial charge in [0, 0.05) is 46.7 Å². The van der Waals surface area contributed by atoms with Crippen LogP contribution in [0.25, 0.3) is 11.4 Å². The average molecular weight is 890 g/mol. The molecule has 0 amide bonds. The number of hydrogen-bond donors (Lipinski definition) is 4. The fraction of sp³-hybridized carbons (Fsp3) is 0.125. The molecule has 63 heavy (non-hydrogen) atoms. The minimum Gasteiger partial charge on any atom is -0.856 e. The third kappa shape index (κ3) is 9.64. The van der Waals surface area contributed by atoms with E-state index in [2.05, 4.69) is 40.6 Å². The summed E-state index contributed by atoms with van der Waals surface area (Å²) in [5.74, 6) is -0.980. The van der Waals surface area contributed by atoms with Crippen LogP contribution in [0.15, 0.2) is 164 Å². The molecule has 0 aliphatic rings. The van der Waals surface area contributed by atoms with Crippen molar-refractivity contribution < 1.29 is 29.7 Å². The minimum absolute atomic E-state index is 0. The Bertz CT molecular complexity index is 2870. The topological polar surface area (TPSA) is 203 Å². The van der Waals surface area contributed by atoms with Gasteiger partial charge in [-0.1, -0.05) is 97.1 Å². The third-order valence-electron chi connectivity index (χ3n) is 10.4. The molecule has 14 nitrogen and oxygen atoms in total. The van der Waals surface area contributed by atoms with Crippen LogP contribution in [0.1, 0.15) is 67.3 Å². The molecule has 15 heteroatoms. The number of benzene rings is 4. The molecule has 0 unspecified atom stereocenters. The first-order chi connectivity index (χ1) is 29.9. The van der Waals surface area contributed by atoms with E-state index in [9.17, 15) is 19.8 Å². The average Bonchev–Trinajstić information content (AvgIpc) is 4.01. The summed E-state index contributed by atoms with van der Waals surface area (Å²) >= 11 is 0. The molecule has 4 aromatic heterocycles. The summed E-state index contributed by atoms with van der Waals surface area (Å²) in [6, 6.07) is 37.1. The first kappa shape index (κ1) is 44.9. The van der Waals surface area contributed by atoms with Gasteiger partial charge in [0.05, 0.1) is 33.9 Å². The van der Waals surface area contributed by atoms with Gasteiger partial charge in [-0.3, -0.25) is 19.8 Å². The molecular weight excluding hydrogens is 846 g/mol. The standard InChI is InChI=1S/2C24H23N5O2.Zn/c2*1-15-14-25-21(16(15)2)23(30)27-26-22(18-10-6-4-7-11-18)20-17(3)28-29(24(20)31)19-12-8-5-9-13-19;/h2*4-14,25,28H,1-3H3,(H,27,30);/q;;+2/p-2/b2*26-22+;. The second-order valence-electron chi connectivity index (χ2n) is 14.6. The summed E-state index contributed by atoms with van der Waals surface area (Å²) in [5, 5.41) is 47.9. The largest absolute Gasteiger partial charge is 2.00 e. The van der Waals surface area contributed by atoms with Crippen molar-refractivity contribution in [1.82, 2.24) is 29.5 Å². The fourth-order valence-electron chi connectivity index (χ4n) is 6.79. The molecule has 0 bridgehead atoms. The molecule has 0 saturated heterocycles. The van der Waals surface area contributed by atoms with Gasteiger partial charge in [0.2, 0.25) is 0 Å². The maximum absolute atomic E-state index is 13.3. The predicted octanol–water partition coefficient (Wildman–Crippen LogP) is 5.95. The Morgan fingerprint density at radius 1 is 0.476 bits per heavy atom. The van der Waals surface area contributed by atoms with Gasteiger partial charge in [0.15, 0.2) is 0 Å². The molecular formula is C48H44N10O4Zn. The number of aromatic nitrogens is 6. The number of H-pyrrole nitrogens is 4. The molecule has 0 saturated carbocycles. The maximum atomic E-state index is 13.3. The zero-order valence-electron chi connectivity index (χ0n) is 35.7. The van der Waals surface area contributed by atoms with Crippen LogP contribution in [-0.2, 0) is 19.5 Å². The third-order valence-corrected chi connectivity index (χ3v) is 10.4. The van der Waals surface area contributed by atoms with E-state index in [4.69, 9.17) is 0 Å². The second kappa shape index (κ2) is 19.8. The molecule has 0 aliphatic carbocycles. The molecule has 0 spiro atoms. The molecule has 4 heterocycles. The first-order valence-electron chi connectivity index (χ1n) is 19.7. The van der Waals surface area contributed by atoms with Crippen molar-refractivity contribution in [1.29, 1.82) is 0 Å². The van der Waals surface area contributed by atoms with Crippen molar-refractivity contribution in [2.75, 3.05) is 0 Å². The van der Waals surface area contributed by atoms with Gasteiger partial charge >= 0.3 is 19.5 Å². The molecule has 312 valence electrons. The molecule has 8 rings (SSSR count). The van der Waals surface area contributed by atoms with Crippen molar-refractivity contribution in [3.63, 3.8) is 0 Å². The van der Waals surface area contributed by atoms with Crippen LogP contribution in [0.2, 0.25) is 0 Å². The van der Waals surface area contributed by atoms with Crippen LogP contribution in [0.5, 0.6) is 0 Å². The van der Waals surface area contributed by atoms with E-state index in [1.165, 1.54) is 9.36 Å². The van der Waals surface area contributed by atoms with E-state index in [0.717, 1.165) is 22.3 Å². The second-order valence-corrected chi connectivity index (χ2v) is 14.6. The molecule has 4 aromatic carbocycles. The summed E-state index contributed by atoms with van der Waals surface area (Å²) in [6.07, 6.45) is 3.52. The summed E-state index contributed by atoms with van der Waals surface area (Å²) in [6.45, 7) is 11.1. The Morgan fingerprint density at radius 3 is 1.10 bits per heavy atom. The summed E-state index contributed by atoms with van der Waals surface area (Å²) in [7, 11) is 0. The van der Waals surface area contributed by atoms with Gasteiger partial charge < -0.3 is 20.2 Å². The van der Waals surface area contributed by atoms with Crippen molar-refractivity contribution in [3.05, 3.63) is 222 Å². The number of rotatable bonds is 10. The van der Waals surface area contributed by atoms with Gasteiger partial charge in [0.1, 0.15) is 11.4 Å². The Morgan fingerprint density at radius 2 is 0.794 bits per heavy atom. The minimum atomic E-state index is -0.490. The van der Waals surface area contributed by atoms with Gasteiger partial charge in [0.25, 0.3) is 11.1 Å². The van der Waals surface area contributed by atoms with E-state index in [1.807, 2.05) is 149 Å². The fourth-order valence-corrected chi connectivity index (χ4v) is 6.79. The van der Waals surface area contributed by atoms with Crippen LogP contribution in [0, 0.1) is 41.5 Å². The quantitative estimate of drug-likeness (QED) is 0.0569. The monoisotopic (exact) mass is 888 g/mol. The number of aromatic amines is 4. The summed E-state index contributed by atoms with van der Waals surface area (Å²) in [5.41, 5.74) is 9.32. The first-order valence-corrected chi connectivity index (χ1v) is 19.7. The SMILES string of the molecule is Cc1c[nH]c(/C([O-])=N/N=C(\c2ccccc2)c2c(C)[nH]n(-c3ccccc3)c2=O)c1C.Cc1c[nH]c(/C([O-])=N/N=C(\c2ccccc2)c2c(C)[nH]n(-c3ccccc3)c2=O)c1C.[Zn+2]. The van der Waals surface area contributed by atoms with Gasteiger partial charge in [-0.25, -0.2) is 9.36 Å². The zero-order chi connectivity index (χ0) is 43.9. The summed E-state index contributed by atoms with van der Waals surface area (Å²) < 4.78 is 2.92. The number of hydrogen-bond acceptors (Lipinski definition) is 8. The Hall–Kier alpha value is -7.64. The number of aryl methyl sites for hydroxylation is 4. The number of nitrogens with one attached hydrogen (secondary N) is 4. The van der Waals surface area contributed by atoms with Gasteiger partial charge in [-0.15, -0.1) is 0 Å². The zero-order valence-corrected chi connectivity index (χ0v) is 38.7. The van der Waals surface area contributed by atoms with Crippen LogP contribution < -0.4 is 21.3 Å². The van der Waals surface area contributed by atoms with Crippen LogP contribution in [0.3, 0.4) is 0 Å². The van der Waals surface area contributed by atoms with Crippen LogP contribution >= 0.6 is 0 Å². The van der Waals surface area contributed by atoms with Gasteiger partial charge in [-0.05, 0) is 88.1 Å². The normalized spacial score (nSPS) is 12.2. The van der Waals surface area contributed by atoms with Crippen LogP contribution in [0.4, 0.5) is 0 Å². The number of para-hydroxylation sites is 2. The summed E-state index contributed by atoms with van der Waals surface area (Å²) in [4.78, 5) is 32.5. The molecule has 0 radical (unpaired) electrons. The van der Waals surface area contributed by atoms with Crippen molar-refractivity contribution in [2.45, 2.75) is 41.5 Å². The molecule has 4 N–H and O–H groups in total.